The van der Waals surface area contributed by atoms with E-state index in [1.807, 2.05) is 0 Å². The fourth-order valence-electron chi connectivity index (χ4n) is 2.03. The van der Waals surface area contributed by atoms with Crippen LogP contribution in [0.3, 0.4) is 0 Å². The Hall–Kier alpha value is -0.830. The lowest BCUT2D eigenvalue weighted by Gasteiger charge is -2.28. The summed E-state index contributed by atoms with van der Waals surface area (Å²) >= 11 is 4.14. The molecule has 1 aromatic carbocycles. The molecule has 0 unspecified atom stereocenters. The first-order valence-electron chi connectivity index (χ1n) is 5.60. The van der Waals surface area contributed by atoms with Crippen molar-refractivity contribution >= 4 is 24.0 Å². The smallest absolute Gasteiger partial charge is 0.0581 e. The topological polar surface area (TPSA) is 15.3 Å². The van der Waals surface area contributed by atoms with Gasteiger partial charge in [0.25, 0.3) is 0 Å². The van der Waals surface area contributed by atoms with Crippen LogP contribution in [0.4, 0.5) is 11.4 Å². The number of nitrogens with one attached hydrogen (secondary N) is 1. The van der Waals surface area contributed by atoms with Crippen LogP contribution >= 0.6 is 12.6 Å². The Balaban J connectivity index is 2.02. The van der Waals surface area contributed by atoms with Crippen molar-refractivity contribution in [2.75, 3.05) is 29.2 Å². The summed E-state index contributed by atoms with van der Waals surface area (Å²) in [5.41, 5.74) is 2.49. The molecule has 1 aliphatic rings. The lowest BCUT2D eigenvalue weighted by Crippen LogP contribution is -2.29. The summed E-state index contributed by atoms with van der Waals surface area (Å²) in [5, 5.41) is 3.18. The summed E-state index contributed by atoms with van der Waals surface area (Å²) in [7, 11) is 0. The normalized spacial score (nSPS) is 16.5. The molecule has 15 heavy (non-hydrogen) atoms. The standard InChI is InChI=1S/C12H18N2S/c15-10-13-11-4-6-12(7-5-11)14-8-2-1-3-9-14/h4-7,13,15H,1-3,8-10H2. The SMILES string of the molecule is SCNc1ccc(N2CCCCC2)cc1. The van der Waals surface area contributed by atoms with Gasteiger partial charge in [-0.2, -0.15) is 12.6 Å². The maximum atomic E-state index is 4.14. The van der Waals surface area contributed by atoms with E-state index in [2.05, 4.69) is 47.1 Å². The zero-order chi connectivity index (χ0) is 10.5. The van der Waals surface area contributed by atoms with Crippen LogP contribution in [0.25, 0.3) is 0 Å². The van der Waals surface area contributed by atoms with Gasteiger partial charge < -0.3 is 10.2 Å². The van der Waals surface area contributed by atoms with Gasteiger partial charge >= 0.3 is 0 Å². The average Bonchev–Trinajstić information content (AvgIpc) is 2.32. The van der Waals surface area contributed by atoms with E-state index >= 15 is 0 Å². The molecule has 82 valence electrons. The molecule has 1 N–H and O–H groups in total. The summed E-state index contributed by atoms with van der Waals surface area (Å²) in [6.45, 7) is 2.42. The molecule has 1 aliphatic heterocycles. The molecule has 0 aromatic heterocycles. The summed E-state index contributed by atoms with van der Waals surface area (Å²) in [5.74, 6) is 0.684. The number of thiol groups is 1. The van der Waals surface area contributed by atoms with E-state index in [0.717, 1.165) is 5.69 Å². The Morgan fingerprint density at radius 2 is 1.73 bits per heavy atom. The molecule has 0 bridgehead atoms. The number of nitrogens with zero attached hydrogens (tertiary/aromatic N) is 1. The van der Waals surface area contributed by atoms with E-state index in [0.29, 0.717) is 5.88 Å². The largest absolute Gasteiger partial charge is 0.376 e. The molecule has 2 nitrogen and oxygen atoms in total. The average molecular weight is 222 g/mol. The maximum Gasteiger partial charge on any atom is 0.0581 e. The van der Waals surface area contributed by atoms with Gasteiger partial charge in [-0.15, -0.1) is 0 Å². The molecule has 0 spiro atoms. The van der Waals surface area contributed by atoms with Crippen molar-refractivity contribution in [2.45, 2.75) is 19.3 Å². The number of piperidine rings is 1. The van der Waals surface area contributed by atoms with Crippen LogP contribution < -0.4 is 10.2 Å². The first kappa shape index (κ1) is 10.7. The van der Waals surface area contributed by atoms with E-state index in [1.54, 1.807) is 0 Å². The van der Waals surface area contributed by atoms with Gasteiger partial charge in [0.2, 0.25) is 0 Å². The molecule has 0 radical (unpaired) electrons. The van der Waals surface area contributed by atoms with Crippen molar-refractivity contribution in [3.63, 3.8) is 0 Å². The van der Waals surface area contributed by atoms with Crippen molar-refractivity contribution in [3.8, 4) is 0 Å². The highest BCUT2D eigenvalue weighted by Crippen LogP contribution is 2.21. The van der Waals surface area contributed by atoms with Crippen LogP contribution in [0.5, 0.6) is 0 Å². The minimum Gasteiger partial charge on any atom is -0.376 e. The summed E-state index contributed by atoms with van der Waals surface area (Å²) in [6, 6.07) is 8.63. The molecule has 0 saturated carbocycles. The van der Waals surface area contributed by atoms with Crippen LogP contribution in [0.2, 0.25) is 0 Å². The number of benzene rings is 1. The summed E-state index contributed by atoms with van der Waals surface area (Å²) in [4.78, 5) is 2.47. The minimum atomic E-state index is 0.684. The Bertz CT molecular complexity index is 291. The number of rotatable bonds is 3. The van der Waals surface area contributed by atoms with Crippen LogP contribution in [0, 0.1) is 0 Å². The van der Waals surface area contributed by atoms with Gasteiger partial charge in [-0.25, -0.2) is 0 Å². The highest BCUT2D eigenvalue weighted by atomic mass is 32.1. The molecule has 1 saturated heterocycles. The van der Waals surface area contributed by atoms with E-state index in [4.69, 9.17) is 0 Å². The monoisotopic (exact) mass is 222 g/mol. The van der Waals surface area contributed by atoms with Gasteiger partial charge in [0, 0.05) is 24.5 Å². The number of anilines is 2. The molecule has 2 rings (SSSR count). The minimum absolute atomic E-state index is 0.684. The fraction of sp³-hybridized carbons (Fsp3) is 0.500. The van der Waals surface area contributed by atoms with Crippen molar-refractivity contribution in [1.82, 2.24) is 0 Å². The summed E-state index contributed by atoms with van der Waals surface area (Å²) in [6.07, 6.45) is 4.04. The lowest BCUT2D eigenvalue weighted by molar-refractivity contribution is 0.578. The Kier molecular flexibility index (Phi) is 3.78. The van der Waals surface area contributed by atoms with Crippen LogP contribution in [0.15, 0.2) is 24.3 Å². The maximum absolute atomic E-state index is 4.14. The molecule has 1 aromatic rings. The van der Waals surface area contributed by atoms with Crippen molar-refractivity contribution < 1.29 is 0 Å². The van der Waals surface area contributed by atoms with E-state index in [9.17, 15) is 0 Å². The third-order valence-corrected chi connectivity index (χ3v) is 3.03. The van der Waals surface area contributed by atoms with E-state index < -0.39 is 0 Å². The lowest BCUT2D eigenvalue weighted by atomic mass is 10.1. The van der Waals surface area contributed by atoms with Crippen molar-refractivity contribution in [3.05, 3.63) is 24.3 Å². The van der Waals surface area contributed by atoms with Crippen LogP contribution in [-0.4, -0.2) is 19.0 Å². The molecule has 0 atom stereocenters. The van der Waals surface area contributed by atoms with Crippen LogP contribution in [-0.2, 0) is 0 Å². The molecular weight excluding hydrogens is 204 g/mol. The third-order valence-electron chi connectivity index (χ3n) is 2.87. The third kappa shape index (κ3) is 2.81. The zero-order valence-electron chi connectivity index (χ0n) is 8.95. The second kappa shape index (κ2) is 5.31. The van der Waals surface area contributed by atoms with E-state index in [-0.39, 0.29) is 0 Å². The first-order chi connectivity index (χ1) is 7.40. The molecule has 0 aliphatic carbocycles. The van der Waals surface area contributed by atoms with Gasteiger partial charge in [0.1, 0.15) is 0 Å². The molecule has 1 fully saturated rings. The molecule has 3 heteroatoms. The summed E-state index contributed by atoms with van der Waals surface area (Å²) < 4.78 is 0. The molecule has 1 heterocycles. The predicted molar refractivity (Wildman–Crippen MR) is 70.0 cm³/mol. The van der Waals surface area contributed by atoms with Gasteiger partial charge in [-0.1, -0.05) is 0 Å². The Labute approximate surface area is 97.1 Å². The second-order valence-corrected chi connectivity index (χ2v) is 4.25. The van der Waals surface area contributed by atoms with Gasteiger partial charge in [-0.3, -0.25) is 0 Å². The zero-order valence-corrected chi connectivity index (χ0v) is 9.84. The Morgan fingerprint density at radius 3 is 2.33 bits per heavy atom. The highest BCUT2D eigenvalue weighted by Gasteiger charge is 2.09. The molecular formula is C12H18N2S. The van der Waals surface area contributed by atoms with Gasteiger partial charge in [0.15, 0.2) is 0 Å². The second-order valence-electron chi connectivity index (χ2n) is 3.93. The van der Waals surface area contributed by atoms with Crippen molar-refractivity contribution in [2.24, 2.45) is 0 Å². The van der Waals surface area contributed by atoms with Gasteiger partial charge in [-0.05, 0) is 43.5 Å². The number of hydrogen-bond acceptors (Lipinski definition) is 3. The predicted octanol–water partition coefficient (Wildman–Crippen LogP) is 2.98. The van der Waals surface area contributed by atoms with Gasteiger partial charge in [0.05, 0.1) is 5.88 Å². The van der Waals surface area contributed by atoms with E-state index in [1.165, 1.54) is 38.0 Å². The number of hydrogen-bond donors (Lipinski definition) is 2. The molecule has 0 amide bonds. The van der Waals surface area contributed by atoms with Crippen LogP contribution in [0.1, 0.15) is 19.3 Å². The quantitative estimate of drug-likeness (QED) is 0.604. The highest BCUT2D eigenvalue weighted by molar-refractivity contribution is 7.80. The Morgan fingerprint density at radius 1 is 1.07 bits per heavy atom. The fourth-order valence-corrected chi connectivity index (χ4v) is 2.22. The first-order valence-corrected chi connectivity index (χ1v) is 6.23. The van der Waals surface area contributed by atoms with Crippen molar-refractivity contribution in [1.29, 1.82) is 0 Å².